The molecule has 0 N–H and O–H groups in total. The summed E-state index contributed by atoms with van der Waals surface area (Å²) < 4.78 is 6.91. The average molecular weight is 498 g/mol. The Hall–Kier alpha value is -2.86. The minimum Gasteiger partial charge on any atom is -0.497 e. The quantitative estimate of drug-likeness (QED) is 0.261. The van der Waals surface area contributed by atoms with Crippen LogP contribution in [-0.2, 0) is 4.79 Å². The van der Waals surface area contributed by atoms with Crippen LogP contribution in [0.25, 0.3) is 16.6 Å². The fourth-order valence-corrected chi connectivity index (χ4v) is 4.45. The number of fused-ring (bicyclic) bond motifs is 1. The van der Waals surface area contributed by atoms with Crippen molar-refractivity contribution in [2.75, 3.05) is 13.7 Å². The lowest BCUT2D eigenvalue weighted by Crippen LogP contribution is -2.38. The Bertz CT molecular complexity index is 1190. The van der Waals surface area contributed by atoms with Crippen LogP contribution in [0.3, 0.4) is 0 Å². The summed E-state index contributed by atoms with van der Waals surface area (Å²) in [6.07, 6.45) is 6.52. The molecule has 1 amide bonds. The molecule has 3 rings (SSSR count). The summed E-state index contributed by atoms with van der Waals surface area (Å²) in [4.78, 5) is 33.8. The number of carbonyl (C=O) groups excluding carboxylic acids is 1. The van der Waals surface area contributed by atoms with Crippen molar-refractivity contribution in [1.82, 2.24) is 14.5 Å². The van der Waals surface area contributed by atoms with Crippen molar-refractivity contribution < 1.29 is 9.53 Å². The fourth-order valence-electron chi connectivity index (χ4n) is 4.29. The summed E-state index contributed by atoms with van der Waals surface area (Å²) in [5, 5.41) is 0.993. The zero-order chi connectivity index (χ0) is 25.4. The van der Waals surface area contributed by atoms with E-state index >= 15 is 0 Å². The van der Waals surface area contributed by atoms with E-state index in [1.54, 1.807) is 29.9 Å². The van der Waals surface area contributed by atoms with E-state index in [0.29, 0.717) is 46.2 Å². The first-order valence-corrected chi connectivity index (χ1v) is 12.9. The standard InChI is InChI=1S/C28H36ClN3O3/c1-5-7-9-10-11-26(33)31(18-8-6-2)20(3)27-30-25-19-21(29)12-17-24(25)28(34)32(27)22-13-15-23(35-4)16-14-22/h12-17,19-20H,5-11,18H2,1-4H3. The molecule has 3 aromatic rings. The van der Waals surface area contributed by atoms with Gasteiger partial charge in [0.15, 0.2) is 0 Å². The van der Waals surface area contributed by atoms with Crippen LogP contribution in [-0.4, -0.2) is 34.0 Å². The van der Waals surface area contributed by atoms with Crippen molar-refractivity contribution >= 4 is 28.4 Å². The molecule has 188 valence electrons. The number of nitrogens with zero attached hydrogens (tertiary/aromatic N) is 3. The molecule has 1 heterocycles. The Labute approximate surface area is 212 Å². The minimum absolute atomic E-state index is 0.101. The molecule has 1 atom stereocenters. The number of hydrogen-bond donors (Lipinski definition) is 0. The number of amides is 1. The van der Waals surface area contributed by atoms with Crippen molar-refractivity contribution in [1.29, 1.82) is 0 Å². The lowest BCUT2D eigenvalue weighted by Gasteiger charge is -2.31. The van der Waals surface area contributed by atoms with E-state index in [9.17, 15) is 9.59 Å². The monoisotopic (exact) mass is 497 g/mol. The van der Waals surface area contributed by atoms with Gasteiger partial charge in [-0.05, 0) is 62.2 Å². The zero-order valence-electron chi connectivity index (χ0n) is 21.2. The summed E-state index contributed by atoms with van der Waals surface area (Å²) in [6.45, 7) is 6.85. The third kappa shape index (κ3) is 6.43. The molecule has 0 saturated carbocycles. The molecule has 0 aliphatic rings. The van der Waals surface area contributed by atoms with Crippen LogP contribution in [0.2, 0.25) is 5.02 Å². The van der Waals surface area contributed by atoms with Gasteiger partial charge in [-0.15, -0.1) is 0 Å². The number of carbonyl (C=O) groups is 1. The summed E-state index contributed by atoms with van der Waals surface area (Å²) in [7, 11) is 1.60. The minimum atomic E-state index is -0.390. The van der Waals surface area contributed by atoms with Crippen LogP contribution >= 0.6 is 11.6 Å². The second-order valence-electron chi connectivity index (χ2n) is 8.90. The first-order valence-electron chi connectivity index (χ1n) is 12.6. The number of hydrogen-bond acceptors (Lipinski definition) is 4. The van der Waals surface area contributed by atoms with Crippen LogP contribution in [0, 0.1) is 0 Å². The maximum Gasteiger partial charge on any atom is 0.266 e. The van der Waals surface area contributed by atoms with Crippen molar-refractivity contribution in [3.05, 3.63) is 63.7 Å². The third-order valence-electron chi connectivity index (χ3n) is 6.35. The lowest BCUT2D eigenvalue weighted by molar-refractivity contribution is -0.133. The largest absolute Gasteiger partial charge is 0.497 e. The highest BCUT2D eigenvalue weighted by Gasteiger charge is 2.26. The van der Waals surface area contributed by atoms with E-state index < -0.39 is 6.04 Å². The van der Waals surface area contributed by atoms with Crippen LogP contribution in [0.1, 0.15) is 77.6 Å². The zero-order valence-corrected chi connectivity index (χ0v) is 22.0. The number of ether oxygens (including phenoxy) is 1. The molecule has 0 fully saturated rings. The van der Waals surface area contributed by atoms with E-state index in [2.05, 4.69) is 13.8 Å². The van der Waals surface area contributed by atoms with Crippen molar-refractivity contribution in [2.45, 2.75) is 71.8 Å². The smallest absolute Gasteiger partial charge is 0.266 e. The van der Waals surface area contributed by atoms with Gasteiger partial charge in [-0.1, -0.05) is 51.1 Å². The summed E-state index contributed by atoms with van der Waals surface area (Å²) >= 11 is 6.23. The van der Waals surface area contributed by atoms with Gasteiger partial charge in [0.05, 0.1) is 29.7 Å². The molecule has 1 unspecified atom stereocenters. The Morgan fingerprint density at radius 2 is 1.77 bits per heavy atom. The Morgan fingerprint density at radius 1 is 1.06 bits per heavy atom. The topological polar surface area (TPSA) is 64.4 Å². The molecule has 0 spiro atoms. The van der Waals surface area contributed by atoms with Crippen molar-refractivity contribution in [2.24, 2.45) is 0 Å². The molecule has 0 bridgehead atoms. The normalized spacial score (nSPS) is 12.0. The highest BCUT2D eigenvalue weighted by Crippen LogP contribution is 2.26. The second kappa shape index (κ2) is 12.7. The maximum absolute atomic E-state index is 13.7. The van der Waals surface area contributed by atoms with Gasteiger partial charge >= 0.3 is 0 Å². The number of halogens is 1. The van der Waals surface area contributed by atoms with E-state index in [0.717, 1.165) is 38.5 Å². The molecular weight excluding hydrogens is 462 g/mol. The van der Waals surface area contributed by atoms with Gasteiger partial charge in [-0.25, -0.2) is 4.98 Å². The van der Waals surface area contributed by atoms with Crippen LogP contribution < -0.4 is 10.3 Å². The van der Waals surface area contributed by atoms with Gasteiger partial charge in [-0.3, -0.25) is 14.2 Å². The number of rotatable bonds is 12. The Balaban J connectivity index is 2.11. The SMILES string of the molecule is CCCCCCC(=O)N(CCCC)C(C)c1nc2cc(Cl)ccc2c(=O)n1-c1ccc(OC)cc1. The second-order valence-corrected chi connectivity index (χ2v) is 9.33. The fraction of sp³-hybridized carbons (Fsp3) is 0.464. The third-order valence-corrected chi connectivity index (χ3v) is 6.58. The number of aromatic nitrogens is 2. The van der Waals surface area contributed by atoms with Gasteiger partial charge in [0.1, 0.15) is 11.6 Å². The molecule has 6 nitrogen and oxygen atoms in total. The summed E-state index contributed by atoms with van der Waals surface area (Å²) in [5.41, 5.74) is 1.01. The van der Waals surface area contributed by atoms with Crippen LogP contribution in [0.15, 0.2) is 47.3 Å². The molecular formula is C28H36ClN3O3. The molecule has 0 aliphatic carbocycles. The molecule has 7 heteroatoms. The van der Waals surface area contributed by atoms with Crippen LogP contribution in [0.4, 0.5) is 0 Å². The van der Waals surface area contributed by atoms with E-state index in [1.165, 1.54) is 0 Å². The van der Waals surface area contributed by atoms with Gasteiger partial charge in [0.2, 0.25) is 5.91 Å². The van der Waals surface area contributed by atoms with Crippen molar-refractivity contribution in [3.8, 4) is 11.4 Å². The molecule has 0 radical (unpaired) electrons. The number of benzene rings is 2. The molecule has 2 aromatic carbocycles. The Morgan fingerprint density at radius 3 is 2.43 bits per heavy atom. The van der Waals surface area contributed by atoms with E-state index in [-0.39, 0.29) is 11.5 Å². The van der Waals surface area contributed by atoms with Gasteiger partial charge in [0.25, 0.3) is 5.56 Å². The molecule has 0 saturated heterocycles. The molecule has 1 aromatic heterocycles. The number of unbranched alkanes of at least 4 members (excludes halogenated alkanes) is 4. The van der Waals surface area contributed by atoms with Crippen molar-refractivity contribution in [3.63, 3.8) is 0 Å². The summed E-state index contributed by atoms with van der Waals surface area (Å²) in [6, 6.07) is 12.0. The van der Waals surface area contributed by atoms with E-state index in [1.807, 2.05) is 36.1 Å². The average Bonchev–Trinajstić information content (AvgIpc) is 2.86. The number of methoxy groups -OCH3 is 1. The van der Waals surface area contributed by atoms with E-state index in [4.69, 9.17) is 21.3 Å². The molecule has 35 heavy (non-hydrogen) atoms. The maximum atomic E-state index is 13.7. The highest BCUT2D eigenvalue weighted by atomic mass is 35.5. The lowest BCUT2D eigenvalue weighted by atomic mass is 10.1. The first-order chi connectivity index (χ1) is 16.9. The van der Waals surface area contributed by atoms with Gasteiger partial charge < -0.3 is 9.64 Å². The van der Waals surface area contributed by atoms with Gasteiger partial charge in [-0.2, -0.15) is 0 Å². The first kappa shape index (κ1) is 26.7. The van der Waals surface area contributed by atoms with Crippen LogP contribution in [0.5, 0.6) is 5.75 Å². The summed E-state index contributed by atoms with van der Waals surface area (Å²) in [5.74, 6) is 1.32. The predicted octanol–water partition coefficient (Wildman–Crippen LogP) is 6.71. The van der Waals surface area contributed by atoms with Gasteiger partial charge in [0, 0.05) is 18.0 Å². The highest BCUT2D eigenvalue weighted by molar-refractivity contribution is 6.31. The predicted molar refractivity (Wildman–Crippen MR) is 143 cm³/mol. The Kier molecular flexibility index (Phi) is 9.73. The molecule has 0 aliphatic heterocycles.